The van der Waals surface area contributed by atoms with E-state index in [9.17, 15) is 14.4 Å². The number of para-hydroxylation sites is 2. The van der Waals surface area contributed by atoms with Crippen LogP contribution in [0.3, 0.4) is 0 Å². The van der Waals surface area contributed by atoms with Gasteiger partial charge in [-0.05, 0) is 30.2 Å². The van der Waals surface area contributed by atoms with E-state index in [-0.39, 0.29) is 18.9 Å². The molecule has 1 heterocycles. The molecule has 1 fully saturated rings. The van der Waals surface area contributed by atoms with Crippen molar-refractivity contribution in [1.29, 1.82) is 0 Å². The molecule has 28 heavy (non-hydrogen) atoms. The van der Waals surface area contributed by atoms with Gasteiger partial charge in [-0.1, -0.05) is 48.9 Å². The largest absolute Gasteiger partial charge is 0.455 e. The van der Waals surface area contributed by atoms with Crippen LogP contribution in [0.4, 0.5) is 11.4 Å². The van der Waals surface area contributed by atoms with Crippen molar-refractivity contribution in [2.24, 2.45) is 5.92 Å². The summed E-state index contributed by atoms with van der Waals surface area (Å²) in [6.07, 6.45) is 0.808. The second-order valence-corrected chi connectivity index (χ2v) is 6.93. The van der Waals surface area contributed by atoms with E-state index in [4.69, 9.17) is 16.3 Å². The molecule has 1 aliphatic heterocycles. The predicted octanol–water partition coefficient (Wildman–Crippen LogP) is 3.44. The normalized spacial score (nSPS) is 16.1. The number of ether oxygens (including phenoxy) is 1. The first-order valence-electron chi connectivity index (χ1n) is 9.09. The lowest BCUT2D eigenvalue weighted by Gasteiger charge is -2.17. The molecule has 7 heteroatoms. The third-order valence-corrected chi connectivity index (χ3v) is 4.94. The van der Waals surface area contributed by atoms with Gasteiger partial charge in [0.15, 0.2) is 6.61 Å². The number of rotatable bonds is 6. The number of esters is 1. The second-order valence-electron chi connectivity index (χ2n) is 6.52. The van der Waals surface area contributed by atoms with E-state index >= 15 is 0 Å². The Kier molecular flexibility index (Phi) is 6.31. The summed E-state index contributed by atoms with van der Waals surface area (Å²) in [7, 11) is 0. The Bertz CT molecular complexity index is 899. The van der Waals surface area contributed by atoms with Crippen LogP contribution in [0.25, 0.3) is 0 Å². The van der Waals surface area contributed by atoms with Crippen LogP contribution in [-0.4, -0.2) is 30.9 Å². The van der Waals surface area contributed by atoms with Gasteiger partial charge in [-0.3, -0.25) is 14.4 Å². The van der Waals surface area contributed by atoms with Gasteiger partial charge in [-0.25, -0.2) is 0 Å². The van der Waals surface area contributed by atoms with Gasteiger partial charge in [-0.2, -0.15) is 0 Å². The lowest BCUT2D eigenvalue weighted by atomic mass is 10.1. The molecule has 0 aromatic heterocycles. The first-order valence-corrected chi connectivity index (χ1v) is 9.46. The number of amides is 2. The fourth-order valence-corrected chi connectivity index (χ4v) is 3.40. The third kappa shape index (κ3) is 4.51. The highest BCUT2D eigenvalue weighted by Crippen LogP contribution is 2.31. The van der Waals surface area contributed by atoms with Crippen LogP contribution in [0.15, 0.2) is 48.5 Å². The van der Waals surface area contributed by atoms with Crippen molar-refractivity contribution >= 4 is 40.8 Å². The van der Waals surface area contributed by atoms with Crippen LogP contribution in [-0.2, 0) is 25.5 Å². The summed E-state index contributed by atoms with van der Waals surface area (Å²) in [6, 6.07) is 14.4. The van der Waals surface area contributed by atoms with Crippen LogP contribution in [0, 0.1) is 5.92 Å². The maximum atomic E-state index is 12.3. The SMILES string of the molecule is CCc1ccccc1NC(=O)COC(=O)C1CC(=O)N(c2ccccc2Cl)C1. The number of nitrogens with one attached hydrogen (secondary N) is 1. The topological polar surface area (TPSA) is 75.7 Å². The molecule has 0 radical (unpaired) electrons. The molecule has 0 saturated carbocycles. The van der Waals surface area contributed by atoms with Gasteiger partial charge in [0, 0.05) is 18.7 Å². The van der Waals surface area contributed by atoms with Crippen LogP contribution in [0.1, 0.15) is 18.9 Å². The average molecular weight is 401 g/mol. The minimum atomic E-state index is -0.625. The summed E-state index contributed by atoms with van der Waals surface area (Å²) in [5.41, 5.74) is 2.27. The van der Waals surface area contributed by atoms with Crippen molar-refractivity contribution in [1.82, 2.24) is 0 Å². The van der Waals surface area contributed by atoms with Crippen molar-refractivity contribution in [3.8, 4) is 0 Å². The predicted molar refractivity (Wildman–Crippen MR) is 107 cm³/mol. The molecule has 1 atom stereocenters. The Balaban J connectivity index is 1.55. The highest BCUT2D eigenvalue weighted by molar-refractivity contribution is 6.33. The maximum absolute atomic E-state index is 12.3. The zero-order valence-corrected chi connectivity index (χ0v) is 16.2. The molecule has 2 aromatic carbocycles. The van der Waals surface area contributed by atoms with E-state index in [0.717, 1.165) is 12.0 Å². The molecule has 2 amide bonds. The Labute approximate surface area is 168 Å². The Hall–Kier alpha value is -2.86. The third-order valence-electron chi connectivity index (χ3n) is 4.62. The van der Waals surface area contributed by atoms with Crippen molar-refractivity contribution in [3.05, 3.63) is 59.1 Å². The Morgan fingerprint density at radius 3 is 2.64 bits per heavy atom. The lowest BCUT2D eigenvalue weighted by Crippen LogP contribution is -2.28. The highest BCUT2D eigenvalue weighted by Gasteiger charge is 2.37. The van der Waals surface area contributed by atoms with Crippen molar-refractivity contribution in [3.63, 3.8) is 0 Å². The number of halogens is 1. The minimum absolute atomic E-state index is 0.0321. The molecule has 0 bridgehead atoms. The number of benzene rings is 2. The number of aryl methyl sites for hydroxylation is 1. The van der Waals surface area contributed by atoms with Gasteiger partial charge in [0.1, 0.15) is 0 Å². The zero-order valence-electron chi connectivity index (χ0n) is 15.5. The van der Waals surface area contributed by atoms with E-state index in [1.807, 2.05) is 25.1 Å². The van der Waals surface area contributed by atoms with Gasteiger partial charge < -0.3 is 15.0 Å². The van der Waals surface area contributed by atoms with E-state index in [1.165, 1.54) is 4.90 Å². The fraction of sp³-hybridized carbons (Fsp3) is 0.286. The summed E-state index contributed by atoms with van der Waals surface area (Å²) in [4.78, 5) is 38.2. The van der Waals surface area contributed by atoms with E-state index in [0.29, 0.717) is 16.4 Å². The number of hydrogen-bond donors (Lipinski definition) is 1. The fourth-order valence-electron chi connectivity index (χ4n) is 3.16. The molecule has 0 aliphatic carbocycles. The second kappa shape index (κ2) is 8.89. The lowest BCUT2D eigenvalue weighted by molar-refractivity contribution is -0.151. The quantitative estimate of drug-likeness (QED) is 0.753. The number of anilines is 2. The van der Waals surface area contributed by atoms with Crippen molar-refractivity contribution < 1.29 is 19.1 Å². The molecule has 6 nitrogen and oxygen atoms in total. The van der Waals surface area contributed by atoms with Gasteiger partial charge in [0.05, 0.1) is 16.6 Å². The number of hydrogen-bond acceptors (Lipinski definition) is 4. The Morgan fingerprint density at radius 2 is 1.89 bits per heavy atom. The van der Waals surface area contributed by atoms with Gasteiger partial charge >= 0.3 is 5.97 Å². The molecule has 146 valence electrons. The molecule has 1 saturated heterocycles. The number of carbonyl (C=O) groups is 3. The van der Waals surface area contributed by atoms with Crippen LogP contribution in [0.2, 0.25) is 5.02 Å². The molecular formula is C21H21ClN2O4. The van der Waals surface area contributed by atoms with E-state index in [1.54, 1.807) is 30.3 Å². The number of nitrogens with zero attached hydrogens (tertiary/aromatic N) is 1. The molecular weight excluding hydrogens is 380 g/mol. The first-order chi connectivity index (χ1) is 13.5. The summed E-state index contributed by atoms with van der Waals surface area (Å²) in [6.45, 7) is 1.78. The van der Waals surface area contributed by atoms with E-state index < -0.39 is 24.4 Å². The Morgan fingerprint density at radius 1 is 1.18 bits per heavy atom. The number of carbonyl (C=O) groups excluding carboxylic acids is 3. The smallest absolute Gasteiger partial charge is 0.311 e. The van der Waals surface area contributed by atoms with Crippen molar-refractivity contribution in [2.45, 2.75) is 19.8 Å². The molecule has 3 rings (SSSR count). The molecule has 1 unspecified atom stereocenters. The molecule has 1 aliphatic rings. The summed E-state index contributed by atoms with van der Waals surface area (Å²) >= 11 is 6.14. The van der Waals surface area contributed by atoms with E-state index in [2.05, 4.69) is 5.32 Å². The van der Waals surface area contributed by atoms with Crippen molar-refractivity contribution in [2.75, 3.05) is 23.4 Å². The molecule has 0 spiro atoms. The van der Waals surface area contributed by atoms with Crippen LogP contribution < -0.4 is 10.2 Å². The average Bonchev–Trinajstić information content (AvgIpc) is 3.08. The maximum Gasteiger partial charge on any atom is 0.311 e. The van der Waals surface area contributed by atoms with Gasteiger partial charge in [0.25, 0.3) is 5.91 Å². The summed E-state index contributed by atoms with van der Waals surface area (Å²) in [5.74, 6) is -1.81. The van der Waals surface area contributed by atoms with Gasteiger partial charge in [0.2, 0.25) is 5.91 Å². The van der Waals surface area contributed by atoms with Crippen LogP contribution in [0.5, 0.6) is 0 Å². The summed E-state index contributed by atoms with van der Waals surface area (Å²) < 4.78 is 5.13. The molecule has 2 aromatic rings. The zero-order chi connectivity index (χ0) is 20.1. The minimum Gasteiger partial charge on any atom is -0.455 e. The first kappa shape index (κ1) is 19.9. The molecule has 1 N–H and O–H groups in total. The summed E-state index contributed by atoms with van der Waals surface area (Å²) in [5, 5.41) is 3.19. The van der Waals surface area contributed by atoms with Crippen LogP contribution >= 0.6 is 11.6 Å². The standard InChI is InChI=1S/C21H21ClN2O4/c1-2-14-7-3-5-9-17(14)23-19(25)13-28-21(27)15-11-20(26)24(12-15)18-10-6-4-8-16(18)22/h3-10,15H,2,11-13H2,1H3,(H,23,25). The monoisotopic (exact) mass is 400 g/mol. The van der Waals surface area contributed by atoms with Gasteiger partial charge in [-0.15, -0.1) is 0 Å². The highest BCUT2D eigenvalue weighted by atomic mass is 35.5.